The Morgan fingerprint density at radius 2 is 1.75 bits per heavy atom. The van der Waals surface area contributed by atoms with Gasteiger partial charge in [0.05, 0.1) is 6.34 Å². The number of benzene rings is 2. The number of nitrogens with one attached hydrogen (secondary N) is 1. The molecule has 1 heterocycles. The fraction of sp³-hybridized carbons (Fsp3) is 0. The zero-order chi connectivity index (χ0) is 13.8. The molecule has 3 heteroatoms. The van der Waals surface area contributed by atoms with E-state index < -0.39 is 0 Å². The lowest BCUT2D eigenvalue weighted by molar-refractivity contribution is 0.475. The molecular weight excluding hydrogens is 248 g/mol. The Bertz CT molecular complexity index is 697. The molecule has 0 spiro atoms. The molecule has 0 saturated carbocycles. The Balaban J connectivity index is 1.92. The van der Waals surface area contributed by atoms with Gasteiger partial charge >= 0.3 is 0 Å². The van der Waals surface area contributed by atoms with Crippen LogP contribution in [0.5, 0.6) is 5.75 Å². The fourth-order valence-electron chi connectivity index (χ4n) is 2.06. The van der Waals surface area contributed by atoms with E-state index in [1.807, 2.05) is 48.7 Å². The van der Waals surface area contributed by atoms with Crippen LogP contribution in [0.4, 0.5) is 5.69 Å². The second-order valence-electron chi connectivity index (χ2n) is 4.48. The van der Waals surface area contributed by atoms with Crippen LogP contribution >= 0.6 is 0 Å². The number of para-hydroxylation sites is 1. The normalized spacial score (nSPS) is 13.5. The molecule has 2 N–H and O–H groups in total. The zero-order valence-electron chi connectivity index (χ0n) is 10.8. The molecule has 98 valence electrons. The van der Waals surface area contributed by atoms with Crippen LogP contribution in [0, 0.1) is 0 Å². The van der Waals surface area contributed by atoms with Gasteiger partial charge in [0.15, 0.2) is 0 Å². The molecule has 0 fully saturated rings. The van der Waals surface area contributed by atoms with Gasteiger partial charge in [-0.2, -0.15) is 0 Å². The lowest BCUT2D eigenvalue weighted by atomic mass is 10.0. The number of hydrogen-bond acceptors (Lipinski definition) is 3. The van der Waals surface area contributed by atoms with E-state index in [0.717, 1.165) is 22.4 Å². The fourth-order valence-corrected chi connectivity index (χ4v) is 2.06. The van der Waals surface area contributed by atoms with Crippen molar-refractivity contribution in [2.45, 2.75) is 0 Å². The average Bonchev–Trinajstić information content (AvgIpc) is 2.69. The van der Waals surface area contributed by atoms with Crippen molar-refractivity contribution in [3.63, 3.8) is 0 Å². The Morgan fingerprint density at radius 3 is 2.60 bits per heavy atom. The summed E-state index contributed by atoms with van der Waals surface area (Å²) in [7, 11) is 0. The van der Waals surface area contributed by atoms with E-state index in [9.17, 15) is 5.11 Å². The van der Waals surface area contributed by atoms with Gasteiger partial charge in [-0.25, -0.2) is 4.99 Å². The second-order valence-corrected chi connectivity index (χ2v) is 4.48. The standard InChI is InChI=1S/C17H14N2O/c20-15-9-6-13(7-10-15)5-8-14-11-18-12-19-17-4-2-1-3-16(14)17/h1-12,20H,(H,18,19). The number of phenols is 1. The molecule has 20 heavy (non-hydrogen) atoms. The molecule has 1 aliphatic rings. The number of aromatic hydroxyl groups is 1. The summed E-state index contributed by atoms with van der Waals surface area (Å²) in [5.74, 6) is 0.273. The van der Waals surface area contributed by atoms with Crippen molar-refractivity contribution in [3.05, 3.63) is 71.9 Å². The van der Waals surface area contributed by atoms with Crippen LogP contribution in [0.3, 0.4) is 0 Å². The Kier molecular flexibility index (Phi) is 3.33. The van der Waals surface area contributed by atoms with Crippen LogP contribution in [0.25, 0.3) is 11.6 Å². The van der Waals surface area contributed by atoms with Crippen LogP contribution in [0.2, 0.25) is 0 Å². The minimum Gasteiger partial charge on any atom is -0.508 e. The number of aliphatic imine (C=N–C) groups is 1. The van der Waals surface area contributed by atoms with Gasteiger partial charge in [-0.05, 0) is 23.8 Å². The van der Waals surface area contributed by atoms with E-state index in [0.29, 0.717) is 0 Å². The molecule has 3 rings (SSSR count). The van der Waals surface area contributed by atoms with Crippen molar-refractivity contribution in [3.8, 4) is 5.75 Å². The first-order valence-corrected chi connectivity index (χ1v) is 6.38. The summed E-state index contributed by atoms with van der Waals surface area (Å²) in [4.78, 5) is 4.20. The highest BCUT2D eigenvalue weighted by molar-refractivity contribution is 5.92. The van der Waals surface area contributed by atoms with E-state index in [1.54, 1.807) is 18.5 Å². The van der Waals surface area contributed by atoms with Crippen LogP contribution in [0.1, 0.15) is 11.1 Å². The number of phenolic OH excluding ortho intramolecular Hbond substituents is 1. The second kappa shape index (κ2) is 5.45. The zero-order valence-corrected chi connectivity index (χ0v) is 10.8. The Labute approximate surface area is 117 Å². The van der Waals surface area contributed by atoms with E-state index in [-0.39, 0.29) is 5.75 Å². The number of anilines is 1. The highest BCUT2D eigenvalue weighted by atomic mass is 16.3. The van der Waals surface area contributed by atoms with Gasteiger partial charge in [0.2, 0.25) is 0 Å². The predicted octanol–water partition coefficient (Wildman–Crippen LogP) is 3.90. The molecule has 0 aliphatic carbocycles. The number of allylic oxidation sites excluding steroid dienone is 2. The summed E-state index contributed by atoms with van der Waals surface area (Å²) in [6.45, 7) is 0. The summed E-state index contributed by atoms with van der Waals surface area (Å²) < 4.78 is 0. The topological polar surface area (TPSA) is 44.6 Å². The summed E-state index contributed by atoms with van der Waals surface area (Å²) in [5, 5.41) is 12.4. The lowest BCUT2D eigenvalue weighted by Gasteiger charge is -2.06. The SMILES string of the molecule is Oc1ccc(C=CC2=CN=CNc3ccccc32)cc1. The number of hydrogen-bond donors (Lipinski definition) is 2. The summed E-state index contributed by atoms with van der Waals surface area (Å²) in [6, 6.07) is 15.2. The van der Waals surface area contributed by atoms with Gasteiger partial charge in [-0.1, -0.05) is 42.5 Å². The van der Waals surface area contributed by atoms with Gasteiger partial charge in [0.1, 0.15) is 5.75 Å². The van der Waals surface area contributed by atoms with E-state index in [1.165, 1.54) is 0 Å². The third-order valence-corrected chi connectivity index (χ3v) is 3.09. The molecule has 0 amide bonds. The first-order valence-electron chi connectivity index (χ1n) is 6.38. The summed E-state index contributed by atoms with van der Waals surface area (Å²) in [6.07, 6.45) is 7.54. The highest BCUT2D eigenvalue weighted by Crippen LogP contribution is 2.26. The van der Waals surface area contributed by atoms with Crippen LogP contribution in [-0.2, 0) is 0 Å². The molecule has 0 aromatic heterocycles. The van der Waals surface area contributed by atoms with Crippen LogP contribution in [-0.4, -0.2) is 11.4 Å². The number of rotatable bonds is 2. The van der Waals surface area contributed by atoms with Gasteiger partial charge < -0.3 is 10.4 Å². The number of fused-ring (bicyclic) bond motifs is 1. The average molecular weight is 262 g/mol. The minimum absolute atomic E-state index is 0.273. The highest BCUT2D eigenvalue weighted by Gasteiger charge is 2.06. The first-order chi connectivity index (χ1) is 9.83. The Morgan fingerprint density at radius 1 is 0.950 bits per heavy atom. The Hall–Kier alpha value is -2.81. The molecule has 0 bridgehead atoms. The molecule has 1 aliphatic heterocycles. The molecular formula is C17H14N2O. The van der Waals surface area contributed by atoms with Crippen LogP contribution < -0.4 is 5.32 Å². The minimum atomic E-state index is 0.273. The third kappa shape index (κ3) is 2.62. The van der Waals surface area contributed by atoms with Gasteiger partial charge in [0, 0.05) is 23.0 Å². The molecule has 3 nitrogen and oxygen atoms in total. The van der Waals surface area contributed by atoms with Crippen molar-refractivity contribution in [1.82, 2.24) is 0 Å². The maximum atomic E-state index is 9.28. The molecule has 0 radical (unpaired) electrons. The largest absolute Gasteiger partial charge is 0.508 e. The predicted molar refractivity (Wildman–Crippen MR) is 83.7 cm³/mol. The van der Waals surface area contributed by atoms with Gasteiger partial charge in [-0.15, -0.1) is 0 Å². The van der Waals surface area contributed by atoms with Gasteiger partial charge in [0.25, 0.3) is 0 Å². The quantitative estimate of drug-likeness (QED) is 0.862. The molecule has 0 atom stereocenters. The molecule has 2 aromatic carbocycles. The smallest absolute Gasteiger partial charge is 0.115 e. The monoisotopic (exact) mass is 262 g/mol. The summed E-state index contributed by atoms with van der Waals surface area (Å²) >= 11 is 0. The van der Waals surface area contributed by atoms with Crippen molar-refractivity contribution < 1.29 is 5.11 Å². The third-order valence-electron chi connectivity index (χ3n) is 3.09. The maximum Gasteiger partial charge on any atom is 0.115 e. The molecule has 2 aromatic rings. The van der Waals surface area contributed by atoms with E-state index in [4.69, 9.17) is 0 Å². The molecule has 0 unspecified atom stereocenters. The van der Waals surface area contributed by atoms with Crippen molar-refractivity contribution in [2.24, 2.45) is 4.99 Å². The summed E-state index contributed by atoms with van der Waals surface area (Å²) in [5.41, 5.74) is 4.22. The lowest BCUT2D eigenvalue weighted by Crippen LogP contribution is -1.95. The van der Waals surface area contributed by atoms with Crippen molar-refractivity contribution in [2.75, 3.05) is 5.32 Å². The van der Waals surface area contributed by atoms with Crippen molar-refractivity contribution >= 4 is 23.7 Å². The van der Waals surface area contributed by atoms with E-state index in [2.05, 4.69) is 16.4 Å². The number of nitrogens with zero attached hydrogens (tertiary/aromatic N) is 1. The van der Waals surface area contributed by atoms with E-state index >= 15 is 0 Å². The van der Waals surface area contributed by atoms with Crippen molar-refractivity contribution in [1.29, 1.82) is 0 Å². The van der Waals surface area contributed by atoms with Crippen LogP contribution in [0.15, 0.2) is 65.8 Å². The van der Waals surface area contributed by atoms with Gasteiger partial charge in [-0.3, -0.25) is 0 Å². The molecule has 0 saturated heterocycles. The maximum absolute atomic E-state index is 9.28. The first kappa shape index (κ1) is 12.2.